The Morgan fingerprint density at radius 3 is 0.533 bits per heavy atom. The highest BCUT2D eigenvalue weighted by Gasteiger charge is 1.95. The molecule has 2 rings (SSSR count). The second kappa shape index (κ2) is 19.4. The molecule has 0 bridgehead atoms. The van der Waals surface area contributed by atoms with Crippen LogP contribution in [0.2, 0.25) is 0 Å². The van der Waals surface area contributed by atoms with E-state index in [1.54, 1.807) is 0 Å². The minimum Gasteiger partial charge on any atom is -0.394 e. The van der Waals surface area contributed by atoms with E-state index in [4.69, 9.17) is 20.4 Å². The number of hydrogen-bond donors (Lipinski definition) is 4. The van der Waals surface area contributed by atoms with Gasteiger partial charge in [-0.05, 0) is 0 Å². The average Bonchev–Trinajstić information content (AvgIpc) is 3.02. The molecule has 4 heteroatoms. The van der Waals surface area contributed by atoms with Gasteiger partial charge in [0.25, 0.3) is 0 Å². The lowest BCUT2D eigenvalue weighted by atomic mass is 10.0. The molecule has 0 atom stereocenters. The van der Waals surface area contributed by atoms with Crippen molar-refractivity contribution in [3.05, 3.63) is 0 Å². The van der Waals surface area contributed by atoms with Crippen molar-refractivity contribution in [2.75, 3.05) is 26.4 Å². The van der Waals surface area contributed by atoms with Gasteiger partial charge in [0.2, 0.25) is 0 Å². The maximum absolute atomic E-state index is 7.62. The Balaban J connectivity index is 0. The molecule has 0 aromatic heterocycles. The maximum Gasteiger partial charge on any atom is 0.0662 e. The number of aliphatic hydroxyl groups excluding tert-OH is 4. The Bertz CT molecular complexity index is 67.9. The second-order valence-electron chi connectivity index (χ2n) is 3.37. The molecular formula is C11H26O4. The molecule has 94 valence electrons. The van der Waals surface area contributed by atoms with Crippen molar-refractivity contribution in [3.8, 4) is 0 Å². The van der Waals surface area contributed by atoms with Crippen molar-refractivity contribution in [1.29, 1.82) is 0 Å². The van der Waals surface area contributed by atoms with Gasteiger partial charge in [-0.2, -0.15) is 0 Å². The molecule has 0 spiro atoms. The van der Waals surface area contributed by atoms with Crippen LogP contribution in [0.4, 0.5) is 0 Å². The first kappa shape index (κ1) is 17.2. The zero-order chi connectivity index (χ0) is 11.8. The summed E-state index contributed by atoms with van der Waals surface area (Å²) in [6.45, 7) is -0.500. The molecule has 2 aliphatic carbocycles. The fourth-order valence-electron chi connectivity index (χ4n) is 0.250. The number of aliphatic hydroxyl groups is 4. The highest BCUT2D eigenvalue weighted by atomic mass is 16.3. The summed E-state index contributed by atoms with van der Waals surface area (Å²) in [6.07, 6.45) is 10.5. The van der Waals surface area contributed by atoms with Crippen molar-refractivity contribution in [1.82, 2.24) is 0 Å². The second-order valence-corrected chi connectivity index (χ2v) is 3.37. The summed E-state index contributed by atoms with van der Waals surface area (Å²) in [5.41, 5.74) is 0. The molecule has 0 aliphatic heterocycles. The molecule has 2 aliphatic rings. The van der Waals surface area contributed by atoms with E-state index in [-0.39, 0.29) is 26.4 Å². The van der Waals surface area contributed by atoms with Gasteiger partial charge in [-0.1, -0.05) is 44.9 Å². The van der Waals surface area contributed by atoms with Gasteiger partial charge in [0, 0.05) is 0 Å². The Kier molecular flexibility index (Phi) is 22.3. The highest BCUT2D eigenvalue weighted by molar-refractivity contribution is 4.51. The van der Waals surface area contributed by atoms with E-state index < -0.39 is 0 Å². The van der Waals surface area contributed by atoms with Crippen LogP contribution < -0.4 is 0 Å². The fraction of sp³-hybridized carbons (Fsp3) is 1.00. The van der Waals surface area contributed by atoms with Crippen molar-refractivity contribution in [3.63, 3.8) is 0 Å². The zero-order valence-electron chi connectivity index (χ0n) is 9.57. The van der Waals surface area contributed by atoms with Crippen LogP contribution in [0.1, 0.15) is 44.9 Å². The summed E-state index contributed by atoms with van der Waals surface area (Å²) in [4.78, 5) is 0. The molecule has 2 fully saturated rings. The largest absolute Gasteiger partial charge is 0.394 e. The predicted octanol–water partition coefficient (Wildman–Crippen LogP) is 0.673. The predicted molar refractivity (Wildman–Crippen MR) is 60.7 cm³/mol. The quantitative estimate of drug-likeness (QED) is 0.553. The molecule has 0 radical (unpaired) electrons. The summed E-state index contributed by atoms with van der Waals surface area (Å²) in [5, 5.41) is 30.5. The van der Waals surface area contributed by atoms with Crippen LogP contribution in [-0.4, -0.2) is 46.9 Å². The SMILES string of the molecule is C1CC1.C1CCC1.OCCO.OCCO. The van der Waals surface area contributed by atoms with Gasteiger partial charge >= 0.3 is 0 Å². The van der Waals surface area contributed by atoms with Gasteiger partial charge < -0.3 is 20.4 Å². The van der Waals surface area contributed by atoms with Crippen LogP contribution in [-0.2, 0) is 0 Å². The molecule has 0 unspecified atom stereocenters. The topological polar surface area (TPSA) is 80.9 Å². The summed E-state index contributed by atoms with van der Waals surface area (Å²) in [6, 6.07) is 0. The zero-order valence-corrected chi connectivity index (χ0v) is 9.57. The molecular weight excluding hydrogens is 196 g/mol. The molecule has 0 aromatic carbocycles. The van der Waals surface area contributed by atoms with Crippen LogP contribution >= 0.6 is 0 Å². The van der Waals surface area contributed by atoms with Crippen LogP contribution in [0.5, 0.6) is 0 Å². The minimum absolute atomic E-state index is 0.125. The van der Waals surface area contributed by atoms with Gasteiger partial charge in [-0.15, -0.1) is 0 Å². The van der Waals surface area contributed by atoms with Crippen LogP contribution in [0.3, 0.4) is 0 Å². The van der Waals surface area contributed by atoms with Gasteiger partial charge in [0.1, 0.15) is 0 Å². The smallest absolute Gasteiger partial charge is 0.0662 e. The third kappa shape index (κ3) is 41.5. The first-order valence-electron chi connectivity index (χ1n) is 5.76. The summed E-state index contributed by atoms with van der Waals surface area (Å²) in [7, 11) is 0. The average molecular weight is 222 g/mol. The lowest BCUT2D eigenvalue weighted by Gasteiger charge is -2.05. The molecule has 0 aromatic rings. The summed E-state index contributed by atoms with van der Waals surface area (Å²) in [5.74, 6) is 0. The standard InChI is InChI=1S/C4H8.C3H6.2C2H6O2/c1-2-4-3-1;1-2-3-1;2*3-1-2-4/h1-4H2;1-3H2;2*3-4H,1-2H2. The molecule has 2 saturated carbocycles. The van der Waals surface area contributed by atoms with Crippen molar-refractivity contribution < 1.29 is 20.4 Å². The summed E-state index contributed by atoms with van der Waals surface area (Å²) >= 11 is 0. The number of rotatable bonds is 2. The van der Waals surface area contributed by atoms with Gasteiger partial charge in [0.15, 0.2) is 0 Å². The van der Waals surface area contributed by atoms with Crippen molar-refractivity contribution in [2.45, 2.75) is 44.9 Å². The Hall–Kier alpha value is -0.160. The molecule has 0 saturated heterocycles. The number of hydrogen-bond acceptors (Lipinski definition) is 4. The molecule has 0 heterocycles. The fourth-order valence-corrected chi connectivity index (χ4v) is 0.250. The maximum atomic E-state index is 7.62. The Morgan fingerprint density at radius 2 is 0.533 bits per heavy atom. The summed E-state index contributed by atoms with van der Waals surface area (Å²) < 4.78 is 0. The highest BCUT2D eigenvalue weighted by Crippen LogP contribution is 2.15. The van der Waals surface area contributed by atoms with E-state index in [0.717, 1.165) is 0 Å². The van der Waals surface area contributed by atoms with E-state index in [1.165, 1.54) is 44.9 Å². The normalized spacial score (nSPS) is 15.2. The third-order valence-electron chi connectivity index (χ3n) is 1.55. The van der Waals surface area contributed by atoms with E-state index >= 15 is 0 Å². The third-order valence-corrected chi connectivity index (χ3v) is 1.55. The minimum atomic E-state index is -0.125. The van der Waals surface area contributed by atoms with Gasteiger partial charge in [-0.3, -0.25) is 0 Å². The molecule has 15 heavy (non-hydrogen) atoms. The van der Waals surface area contributed by atoms with E-state index in [9.17, 15) is 0 Å². The van der Waals surface area contributed by atoms with Crippen molar-refractivity contribution in [2.24, 2.45) is 0 Å². The van der Waals surface area contributed by atoms with E-state index in [2.05, 4.69) is 0 Å². The molecule has 0 amide bonds. The lowest BCUT2D eigenvalue weighted by Crippen LogP contribution is -1.85. The van der Waals surface area contributed by atoms with Gasteiger partial charge in [-0.25, -0.2) is 0 Å². The van der Waals surface area contributed by atoms with E-state index in [1.807, 2.05) is 0 Å². The molecule has 4 N–H and O–H groups in total. The van der Waals surface area contributed by atoms with Gasteiger partial charge in [0.05, 0.1) is 26.4 Å². The Morgan fingerprint density at radius 1 is 0.400 bits per heavy atom. The lowest BCUT2D eigenvalue weighted by molar-refractivity contribution is 0.186. The first-order chi connectivity index (χ1) is 7.33. The first-order valence-corrected chi connectivity index (χ1v) is 5.76. The molecule has 4 nitrogen and oxygen atoms in total. The van der Waals surface area contributed by atoms with Crippen LogP contribution in [0, 0.1) is 0 Å². The van der Waals surface area contributed by atoms with Crippen molar-refractivity contribution >= 4 is 0 Å². The Labute approximate surface area is 92.6 Å². The van der Waals surface area contributed by atoms with Crippen LogP contribution in [0.25, 0.3) is 0 Å². The van der Waals surface area contributed by atoms with E-state index in [0.29, 0.717) is 0 Å². The van der Waals surface area contributed by atoms with Crippen LogP contribution in [0.15, 0.2) is 0 Å². The monoisotopic (exact) mass is 222 g/mol.